The van der Waals surface area contributed by atoms with Gasteiger partial charge >= 0.3 is 0 Å². The zero-order valence-electron chi connectivity index (χ0n) is 10.5. The molecule has 2 aliphatic heterocycles. The summed E-state index contributed by atoms with van der Waals surface area (Å²) in [4.78, 5) is 0. The molecule has 0 spiro atoms. The minimum atomic E-state index is -0.0732. The molecule has 0 amide bonds. The van der Waals surface area contributed by atoms with Crippen LogP contribution in [0.5, 0.6) is 0 Å². The molecule has 0 aliphatic carbocycles. The number of nitrogens with one attached hydrogen (secondary N) is 1. The topological polar surface area (TPSA) is 21.3 Å². The minimum absolute atomic E-state index is 0. The van der Waals surface area contributed by atoms with E-state index in [1.165, 1.54) is 30.8 Å². The molecule has 1 N–H and O–H groups in total. The smallest absolute Gasteiger partial charge is 0.117 e. The fourth-order valence-corrected chi connectivity index (χ4v) is 3.94. The fraction of sp³-hybridized carbons (Fsp3) is 1.00. The fourth-order valence-electron chi connectivity index (χ4n) is 2.74. The van der Waals surface area contributed by atoms with E-state index in [-0.39, 0.29) is 23.7 Å². The van der Waals surface area contributed by atoms with Crippen molar-refractivity contribution in [2.75, 3.05) is 18.1 Å². The summed E-state index contributed by atoms with van der Waals surface area (Å²) >= 11 is 2.09. The maximum absolute atomic E-state index is 5.94. The predicted molar refractivity (Wildman–Crippen MR) is 73.5 cm³/mol. The third-order valence-corrected chi connectivity index (χ3v) is 4.42. The summed E-state index contributed by atoms with van der Waals surface area (Å²) < 4.78 is 5.94. The Morgan fingerprint density at radius 3 is 2.38 bits per heavy atom. The average molecular weight is 266 g/mol. The second kappa shape index (κ2) is 5.47. The van der Waals surface area contributed by atoms with Crippen molar-refractivity contribution >= 4 is 24.2 Å². The first-order valence-electron chi connectivity index (χ1n) is 6.00. The van der Waals surface area contributed by atoms with Gasteiger partial charge in [-0.3, -0.25) is 5.32 Å². The molecule has 0 aromatic rings. The highest BCUT2D eigenvalue weighted by Crippen LogP contribution is 2.34. The molecule has 2 fully saturated rings. The lowest BCUT2D eigenvalue weighted by Crippen LogP contribution is -2.47. The molecule has 0 bridgehead atoms. The van der Waals surface area contributed by atoms with Gasteiger partial charge in [-0.2, -0.15) is 11.8 Å². The SMILES string of the molecule is CC1(C)COC(C)(CC2CCSCC2)N1.Cl. The molecule has 1 atom stereocenters. The second-order valence-electron chi connectivity index (χ2n) is 5.79. The van der Waals surface area contributed by atoms with E-state index in [0.717, 1.165) is 12.5 Å². The largest absolute Gasteiger partial charge is 0.359 e. The molecule has 0 radical (unpaired) electrons. The van der Waals surface area contributed by atoms with Crippen molar-refractivity contribution in [2.45, 2.75) is 51.3 Å². The van der Waals surface area contributed by atoms with Gasteiger partial charge in [-0.25, -0.2) is 0 Å². The van der Waals surface area contributed by atoms with Crippen molar-refractivity contribution < 1.29 is 4.74 Å². The molecule has 2 rings (SSSR count). The zero-order chi connectivity index (χ0) is 10.9. The summed E-state index contributed by atoms with van der Waals surface area (Å²) in [5, 5.41) is 3.62. The molecule has 2 saturated heterocycles. The zero-order valence-corrected chi connectivity index (χ0v) is 12.2. The van der Waals surface area contributed by atoms with E-state index in [1.807, 2.05) is 0 Å². The van der Waals surface area contributed by atoms with E-state index >= 15 is 0 Å². The maximum atomic E-state index is 5.94. The van der Waals surface area contributed by atoms with Crippen LogP contribution in [0, 0.1) is 5.92 Å². The number of thioether (sulfide) groups is 1. The molecule has 4 heteroatoms. The number of hydrogen-bond donors (Lipinski definition) is 1. The van der Waals surface area contributed by atoms with Crippen molar-refractivity contribution in [3.63, 3.8) is 0 Å². The highest BCUT2D eigenvalue weighted by atomic mass is 35.5. The summed E-state index contributed by atoms with van der Waals surface area (Å²) in [7, 11) is 0. The van der Waals surface area contributed by atoms with Crippen molar-refractivity contribution in [1.82, 2.24) is 5.32 Å². The molecule has 96 valence electrons. The van der Waals surface area contributed by atoms with Crippen LogP contribution in [0.4, 0.5) is 0 Å². The number of rotatable bonds is 2. The van der Waals surface area contributed by atoms with Gasteiger partial charge in [-0.1, -0.05) is 0 Å². The van der Waals surface area contributed by atoms with Gasteiger partial charge in [-0.15, -0.1) is 12.4 Å². The lowest BCUT2D eigenvalue weighted by atomic mass is 9.92. The molecule has 1 unspecified atom stereocenters. The first-order chi connectivity index (χ1) is 6.99. The first-order valence-corrected chi connectivity index (χ1v) is 7.16. The van der Waals surface area contributed by atoms with Crippen LogP contribution in [0.1, 0.15) is 40.0 Å². The van der Waals surface area contributed by atoms with Crippen LogP contribution < -0.4 is 5.32 Å². The maximum Gasteiger partial charge on any atom is 0.117 e. The van der Waals surface area contributed by atoms with Gasteiger partial charge in [0.1, 0.15) is 5.72 Å². The molecule has 0 aromatic heterocycles. The Bertz CT molecular complexity index is 231. The Labute approximate surface area is 110 Å². The standard InChI is InChI=1S/C12H23NOS.ClH/c1-11(2)9-14-12(3,13-11)8-10-4-6-15-7-5-10;/h10,13H,4-9H2,1-3H3;1H. The van der Waals surface area contributed by atoms with Crippen LogP contribution in [0.25, 0.3) is 0 Å². The predicted octanol–water partition coefficient (Wildman–Crippen LogP) is 3.06. The quantitative estimate of drug-likeness (QED) is 0.829. The van der Waals surface area contributed by atoms with Gasteiger partial charge in [0.2, 0.25) is 0 Å². The first kappa shape index (κ1) is 14.6. The van der Waals surface area contributed by atoms with Crippen LogP contribution in [-0.4, -0.2) is 29.4 Å². The minimum Gasteiger partial charge on any atom is -0.359 e. The van der Waals surface area contributed by atoms with Gasteiger partial charge < -0.3 is 4.74 Å². The summed E-state index contributed by atoms with van der Waals surface area (Å²) in [5.41, 5.74) is 0.0777. The van der Waals surface area contributed by atoms with Crippen molar-refractivity contribution in [2.24, 2.45) is 5.92 Å². The molecular formula is C12H24ClNOS. The lowest BCUT2D eigenvalue weighted by Gasteiger charge is -2.32. The van der Waals surface area contributed by atoms with Gasteiger partial charge in [-0.05, 0) is 57.5 Å². The van der Waals surface area contributed by atoms with E-state index in [0.29, 0.717) is 0 Å². The van der Waals surface area contributed by atoms with Crippen LogP contribution >= 0.6 is 24.2 Å². The van der Waals surface area contributed by atoms with Crippen LogP contribution in [0.3, 0.4) is 0 Å². The van der Waals surface area contributed by atoms with Crippen LogP contribution in [0.2, 0.25) is 0 Å². The Morgan fingerprint density at radius 1 is 1.25 bits per heavy atom. The summed E-state index contributed by atoms with van der Waals surface area (Å²) in [5.74, 6) is 3.53. The van der Waals surface area contributed by atoms with Gasteiger partial charge in [0.05, 0.1) is 6.61 Å². The normalized spacial score (nSPS) is 34.7. The molecule has 2 nitrogen and oxygen atoms in total. The van der Waals surface area contributed by atoms with Crippen molar-refractivity contribution in [3.8, 4) is 0 Å². The van der Waals surface area contributed by atoms with E-state index in [4.69, 9.17) is 4.74 Å². The molecule has 2 aliphatic rings. The Morgan fingerprint density at radius 2 is 1.88 bits per heavy atom. The Hall–Kier alpha value is 0.560. The number of ether oxygens (including phenoxy) is 1. The highest BCUT2D eigenvalue weighted by Gasteiger charge is 2.41. The van der Waals surface area contributed by atoms with Gasteiger partial charge in [0.25, 0.3) is 0 Å². The van der Waals surface area contributed by atoms with E-state index < -0.39 is 0 Å². The lowest BCUT2D eigenvalue weighted by molar-refractivity contribution is -0.0144. The molecule has 0 aromatic carbocycles. The number of halogens is 1. The molecule has 0 saturated carbocycles. The number of hydrogen-bond acceptors (Lipinski definition) is 3. The summed E-state index contributed by atoms with van der Waals surface area (Å²) in [6.07, 6.45) is 3.91. The van der Waals surface area contributed by atoms with E-state index in [9.17, 15) is 0 Å². The monoisotopic (exact) mass is 265 g/mol. The molecule has 2 heterocycles. The van der Waals surface area contributed by atoms with E-state index in [1.54, 1.807) is 0 Å². The summed E-state index contributed by atoms with van der Waals surface area (Å²) in [6, 6.07) is 0. The average Bonchev–Trinajstić information content (AvgIpc) is 2.42. The van der Waals surface area contributed by atoms with Crippen LogP contribution in [0.15, 0.2) is 0 Å². The second-order valence-corrected chi connectivity index (χ2v) is 7.01. The molecule has 16 heavy (non-hydrogen) atoms. The van der Waals surface area contributed by atoms with Crippen molar-refractivity contribution in [1.29, 1.82) is 0 Å². The summed E-state index contributed by atoms with van der Waals surface area (Å²) in [6.45, 7) is 7.48. The Balaban J connectivity index is 0.00000128. The highest BCUT2D eigenvalue weighted by molar-refractivity contribution is 7.99. The molecular weight excluding hydrogens is 242 g/mol. The third-order valence-electron chi connectivity index (χ3n) is 3.37. The van der Waals surface area contributed by atoms with Gasteiger partial charge in [0.15, 0.2) is 0 Å². The van der Waals surface area contributed by atoms with E-state index in [2.05, 4.69) is 37.8 Å². The van der Waals surface area contributed by atoms with Crippen LogP contribution in [-0.2, 0) is 4.74 Å². The van der Waals surface area contributed by atoms with Crippen molar-refractivity contribution in [3.05, 3.63) is 0 Å². The Kier molecular flexibility index (Phi) is 5.00. The third kappa shape index (κ3) is 3.80. The van der Waals surface area contributed by atoms with Gasteiger partial charge in [0, 0.05) is 5.54 Å².